The molecule has 24 heavy (non-hydrogen) atoms. The highest BCUT2D eigenvalue weighted by atomic mass is 79.9. The summed E-state index contributed by atoms with van der Waals surface area (Å²) in [4.78, 5) is 23.8. The zero-order chi connectivity index (χ0) is 16.9. The second-order valence-corrected chi connectivity index (χ2v) is 6.11. The molecule has 0 saturated heterocycles. The zero-order valence-electron chi connectivity index (χ0n) is 12.7. The summed E-state index contributed by atoms with van der Waals surface area (Å²) >= 11 is 3.29. The highest BCUT2D eigenvalue weighted by Crippen LogP contribution is 2.18. The van der Waals surface area contributed by atoms with Gasteiger partial charge in [-0.2, -0.15) is 0 Å². The van der Waals surface area contributed by atoms with Crippen molar-refractivity contribution >= 4 is 44.3 Å². The van der Waals surface area contributed by atoms with Crippen LogP contribution in [0.3, 0.4) is 0 Å². The van der Waals surface area contributed by atoms with Crippen molar-refractivity contribution < 1.29 is 14.3 Å². The molecule has 0 aliphatic rings. The third-order valence-electron chi connectivity index (χ3n) is 3.45. The number of amides is 1. The molecular weight excluding hydrogens is 370 g/mol. The van der Waals surface area contributed by atoms with Gasteiger partial charge in [-0.25, -0.2) is 4.79 Å². The first kappa shape index (κ1) is 16.2. The molecule has 0 aliphatic heterocycles. The average Bonchev–Trinajstić information content (AvgIpc) is 2.60. The summed E-state index contributed by atoms with van der Waals surface area (Å²) in [6, 6.07) is 20.2. The molecule has 0 aromatic heterocycles. The largest absolute Gasteiger partial charge is 0.452 e. The van der Waals surface area contributed by atoms with Crippen LogP contribution in [0.25, 0.3) is 10.8 Å². The van der Waals surface area contributed by atoms with Gasteiger partial charge in [0.15, 0.2) is 6.61 Å². The summed E-state index contributed by atoms with van der Waals surface area (Å²) in [5.41, 5.74) is 1.06. The van der Waals surface area contributed by atoms with Gasteiger partial charge in [-0.05, 0) is 47.2 Å². The molecule has 120 valence electrons. The van der Waals surface area contributed by atoms with Gasteiger partial charge in [0.05, 0.1) is 5.56 Å². The van der Waals surface area contributed by atoms with E-state index in [0.717, 1.165) is 15.2 Å². The standard InChI is InChI=1S/C19H14BrNO3/c20-16-8-5-14(6-9-16)19(23)24-12-18(22)21-17-10-7-13-3-1-2-4-15(13)11-17/h1-11H,12H2,(H,21,22). The van der Waals surface area contributed by atoms with Crippen molar-refractivity contribution in [1.29, 1.82) is 0 Å². The fourth-order valence-electron chi connectivity index (χ4n) is 2.26. The fraction of sp³-hybridized carbons (Fsp3) is 0.0526. The minimum Gasteiger partial charge on any atom is -0.452 e. The number of rotatable bonds is 4. The van der Waals surface area contributed by atoms with Crippen molar-refractivity contribution in [3.63, 3.8) is 0 Å². The highest BCUT2D eigenvalue weighted by Gasteiger charge is 2.10. The number of fused-ring (bicyclic) bond motifs is 1. The molecule has 0 radical (unpaired) electrons. The smallest absolute Gasteiger partial charge is 0.338 e. The van der Waals surface area contributed by atoms with Crippen LogP contribution < -0.4 is 5.32 Å². The Balaban J connectivity index is 1.58. The second kappa shape index (κ2) is 7.27. The van der Waals surface area contributed by atoms with Crippen LogP contribution in [-0.4, -0.2) is 18.5 Å². The second-order valence-electron chi connectivity index (χ2n) is 5.19. The predicted octanol–water partition coefficient (Wildman–Crippen LogP) is 4.40. The molecule has 0 fully saturated rings. The van der Waals surface area contributed by atoms with Crippen molar-refractivity contribution in [3.05, 3.63) is 76.8 Å². The number of esters is 1. The Morgan fingerprint density at radius 2 is 1.62 bits per heavy atom. The number of anilines is 1. The van der Waals surface area contributed by atoms with Crippen LogP contribution in [0, 0.1) is 0 Å². The van der Waals surface area contributed by atoms with E-state index in [1.54, 1.807) is 24.3 Å². The average molecular weight is 384 g/mol. The summed E-state index contributed by atoms with van der Waals surface area (Å²) in [6.45, 7) is -0.332. The van der Waals surface area contributed by atoms with Crippen LogP contribution in [0.5, 0.6) is 0 Å². The van der Waals surface area contributed by atoms with Crippen molar-refractivity contribution in [3.8, 4) is 0 Å². The number of carbonyl (C=O) groups excluding carboxylic acids is 2. The van der Waals surface area contributed by atoms with Gasteiger partial charge in [0, 0.05) is 10.2 Å². The molecule has 0 saturated carbocycles. The lowest BCUT2D eigenvalue weighted by molar-refractivity contribution is -0.119. The lowest BCUT2D eigenvalue weighted by atomic mass is 10.1. The predicted molar refractivity (Wildman–Crippen MR) is 97.0 cm³/mol. The van der Waals surface area contributed by atoms with Gasteiger partial charge in [-0.3, -0.25) is 4.79 Å². The minimum absolute atomic E-state index is 0.332. The normalized spacial score (nSPS) is 10.4. The molecule has 1 N–H and O–H groups in total. The molecule has 0 aliphatic carbocycles. The van der Waals surface area contributed by atoms with E-state index in [4.69, 9.17) is 4.74 Å². The van der Waals surface area contributed by atoms with E-state index in [0.29, 0.717) is 11.3 Å². The van der Waals surface area contributed by atoms with Gasteiger partial charge < -0.3 is 10.1 Å². The van der Waals surface area contributed by atoms with Crippen LogP contribution in [-0.2, 0) is 9.53 Å². The van der Waals surface area contributed by atoms with Gasteiger partial charge in [-0.15, -0.1) is 0 Å². The zero-order valence-corrected chi connectivity index (χ0v) is 14.2. The van der Waals surface area contributed by atoms with Gasteiger partial charge in [0.2, 0.25) is 0 Å². The quantitative estimate of drug-likeness (QED) is 0.679. The molecule has 0 atom stereocenters. The van der Waals surface area contributed by atoms with Crippen LogP contribution in [0.15, 0.2) is 71.2 Å². The first-order valence-corrected chi connectivity index (χ1v) is 8.12. The summed E-state index contributed by atoms with van der Waals surface area (Å²) in [6.07, 6.45) is 0. The third kappa shape index (κ3) is 4.00. The van der Waals surface area contributed by atoms with E-state index >= 15 is 0 Å². The molecule has 5 heteroatoms. The number of carbonyl (C=O) groups is 2. The Hall–Kier alpha value is -2.66. The molecular formula is C19H14BrNO3. The fourth-order valence-corrected chi connectivity index (χ4v) is 2.53. The summed E-state index contributed by atoms with van der Waals surface area (Å²) in [5.74, 6) is -0.910. The van der Waals surface area contributed by atoms with Gasteiger partial charge in [-0.1, -0.05) is 46.3 Å². The maximum Gasteiger partial charge on any atom is 0.338 e. The summed E-state index contributed by atoms with van der Waals surface area (Å²) in [5, 5.41) is 4.85. The number of halogens is 1. The number of nitrogens with one attached hydrogen (secondary N) is 1. The Labute approximate surface area is 147 Å². The topological polar surface area (TPSA) is 55.4 Å². The summed E-state index contributed by atoms with van der Waals surface area (Å²) in [7, 11) is 0. The molecule has 0 heterocycles. The number of ether oxygens (including phenoxy) is 1. The van der Waals surface area contributed by atoms with E-state index in [-0.39, 0.29) is 12.5 Å². The van der Waals surface area contributed by atoms with Crippen molar-refractivity contribution in [2.24, 2.45) is 0 Å². The van der Waals surface area contributed by atoms with Crippen LogP contribution in [0.2, 0.25) is 0 Å². The van der Waals surface area contributed by atoms with Gasteiger partial charge >= 0.3 is 5.97 Å². The van der Waals surface area contributed by atoms with E-state index in [9.17, 15) is 9.59 Å². The SMILES string of the molecule is O=C(COC(=O)c1ccc(Br)cc1)Nc1ccc2ccccc2c1. The third-order valence-corrected chi connectivity index (χ3v) is 3.98. The van der Waals surface area contributed by atoms with E-state index in [2.05, 4.69) is 21.2 Å². The van der Waals surface area contributed by atoms with Crippen LogP contribution >= 0.6 is 15.9 Å². The Morgan fingerprint density at radius 1 is 0.917 bits per heavy atom. The Kier molecular flexibility index (Phi) is 4.91. The molecule has 4 nitrogen and oxygen atoms in total. The van der Waals surface area contributed by atoms with E-state index in [1.165, 1.54) is 0 Å². The Morgan fingerprint density at radius 3 is 2.38 bits per heavy atom. The summed E-state index contributed by atoms with van der Waals surface area (Å²) < 4.78 is 5.89. The molecule has 1 amide bonds. The van der Waals surface area contributed by atoms with Crippen LogP contribution in [0.1, 0.15) is 10.4 Å². The molecule has 0 bridgehead atoms. The lowest BCUT2D eigenvalue weighted by Gasteiger charge is -2.08. The lowest BCUT2D eigenvalue weighted by Crippen LogP contribution is -2.20. The van der Waals surface area contributed by atoms with E-state index in [1.807, 2.05) is 42.5 Å². The maximum atomic E-state index is 11.9. The molecule has 0 spiro atoms. The number of benzene rings is 3. The first-order chi connectivity index (χ1) is 11.6. The van der Waals surface area contributed by atoms with Crippen molar-refractivity contribution in [2.45, 2.75) is 0 Å². The van der Waals surface area contributed by atoms with Gasteiger partial charge in [0.25, 0.3) is 5.91 Å². The molecule has 3 rings (SSSR count). The molecule has 3 aromatic rings. The number of hydrogen-bond acceptors (Lipinski definition) is 3. The number of hydrogen-bond donors (Lipinski definition) is 1. The first-order valence-electron chi connectivity index (χ1n) is 7.33. The van der Waals surface area contributed by atoms with Crippen LogP contribution in [0.4, 0.5) is 5.69 Å². The van der Waals surface area contributed by atoms with Crippen molar-refractivity contribution in [2.75, 3.05) is 11.9 Å². The molecule has 0 unspecified atom stereocenters. The van der Waals surface area contributed by atoms with Gasteiger partial charge in [0.1, 0.15) is 0 Å². The maximum absolute atomic E-state index is 11.9. The van der Waals surface area contributed by atoms with E-state index < -0.39 is 5.97 Å². The van der Waals surface area contributed by atoms with Crippen molar-refractivity contribution in [1.82, 2.24) is 0 Å². The minimum atomic E-state index is -0.531. The highest BCUT2D eigenvalue weighted by molar-refractivity contribution is 9.10. The Bertz CT molecular complexity index is 891. The monoisotopic (exact) mass is 383 g/mol. The molecule has 3 aromatic carbocycles.